The number of hydrogen-bond acceptors (Lipinski definition) is 3. The lowest BCUT2D eigenvalue weighted by Gasteiger charge is -2.07. The summed E-state index contributed by atoms with van der Waals surface area (Å²) in [4.78, 5) is 21.6. The Hall–Kier alpha value is -1.12. The van der Waals surface area contributed by atoms with Gasteiger partial charge in [-0.1, -0.05) is 0 Å². The molecule has 1 aromatic carbocycles. The summed E-state index contributed by atoms with van der Waals surface area (Å²) >= 11 is 0. The highest BCUT2D eigenvalue weighted by Crippen LogP contribution is 2.24. The summed E-state index contributed by atoms with van der Waals surface area (Å²) in [6.45, 7) is 1.69. The van der Waals surface area contributed by atoms with Crippen LogP contribution in [0.1, 0.15) is 18.4 Å². The van der Waals surface area contributed by atoms with Crippen LogP contribution < -0.4 is 16.2 Å². The van der Waals surface area contributed by atoms with Gasteiger partial charge in [-0.05, 0) is 19.8 Å². The van der Waals surface area contributed by atoms with Gasteiger partial charge in [0.15, 0.2) is 0 Å². The van der Waals surface area contributed by atoms with Gasteiger partial charge in [0.1, 0.15) is 0 Å². The number of hydrogen-bond donors (Lipinski definition) is 1. The second kappa shape index (κ2) is 1.94. The van der Waals surface area contributed by atoms with Crippen molar-refractivity contribution in [3.8, 4) is 0 Å². The molecule has 2 rings (SSSR count). The Bertz CT molecular complexity index is 356. The summed E-state index contributed by atoms with van der Waals surface area (Å²) < 4.78 is 0. The lowest BCUT2D eigenvalue weighted by atomic mass is 10.1. The van der Waals surface area contributed by atoms with Crippen molar-refractivity contribution in [2.45, 2.75) is 25.8 Å². The number of anilines is 1. The fourth-order valence-electron chi connectivity index (χ4n) is 1.11. The smallest absolute Gasteiger partial charge is 0.249 e. The van der Waals surface area contributed by atoms with Gasteiger partial charge in [0.05, 0.1) is 5.69 Å². The van der Waals surface area contributed by atoms with E-state index in [1.165, 1.54) is 0 Å². The normalized spacial score (nSPS) is 17.2. The van der Waals surface area contributed by atoms with Crippen LogP contribution in [-0.4, -0.2) is 6.04 Å². The van der Waals surface area contributed by atoms with E-state index in [1.54, 1.807) is 6.92 Å². The minimum Gasteiger partial charge on any atom is -0.379 e. The molecule has 0 radical (unpaired) electrons. The SMILES string of the molecule is Cc1c(NC2CC2)c(=O)c1=O. The Kier molecular flexibility index (Phi) is 1.16. The van der Waals surface area contributed by atoms with Crippen molar-refractivity contribution in [1.82, 2.24) is 0 Å². The molecule has 3 heteroatoms. The molecule has 11 heavy (non-hydrogen) atoms. The molecule has 0 unspecified atom stereocenters. The molecule has 58 valence electrons. The van der Waals surface area contributed by atoms with E-state index in [0.29, 0.717) is 17.3 Å². The van der Waals surface area contributed by atoms with Gasteiger partial charge >= 0.3 is 0 Å². The number of nitrogens with one attached hydrogen (secondary N) is 1. The van der Waals surface area contributed by atoms with Crippen molar-refractivity contribution >= 4 is 5.69 Å². The minimum absolute atomic E-state index is 0.326. The summed E-state index contributed by atoms with van der Waals surface area (Å²) in [6, 6.07) is 0.456. The topological polar surface area (TPSA) is 46.2 Å². The first-order chi connectivity index (χ1) is 5.20. The predicted molar refractivity (Wildman–Crippen MR) is 42.7 cm³/mol. The molecule has 0 amide bonds. The van der Waals surface area contributed by atoms with E-state index in [1.807, 2.05) is 0 Å². The first-order valence-electron chi connectivity index (χ1n) is 3.76. The van der Waals surface area contributed by atoms with Crippen LogP contribution in [0.25, 0.3) is 0 Å². The summed E-state index contributed by atoms with van der Waals surface area (Å²) in [7, 11) is 0. The van der Waals surface area contributed by atoms with Crippen LogP contribution in [0.2, 0.25) is 0 Å². The Morgan fingerprint density at radius 3 is 2.36 bits per heavy atom. The maximum atomic E-state index is 10.9. The summed E-state index contributed by atoms with van der Waals surface area (Å²) in [5, 5.41) is 3.03. The van der Waals surface area contributed by atoms with E-state index in [0.717, 1.165) is 12.8 Å². The maximum Gasteiger partial charge on any atom is 0.249 e. The highest BCUT2D eigenvalue weighted by atomic mass is 16.2. The molecule has 1 aromatic rings. The maximum absolute atomic E-state index is 10.9. The lowest BCUT2D eigenvalue weighted by molar-refractivity contribution is 1.11. The Labute approximate surface area is 63.7 Å². The zero-order valence-corrected chi connectivity index (χ0v) is 6.31. The van der Waals surface area contributed by atoms with Gasteiger partial charge in [0, 0.05) is 11.6 Å². The molecule has 0 atom stereocenters. The van der Waals surface area contributed by atoms with E-state index in [4.69, 9.17) is 0 Å². The van der Waals surface area contributed by atoms with Crippen LogP contribution in [0.5, 0.6) is 0 Å². The second-order valence-corrected chi connectivity index (χ2v) is 3.08. The average molecular weight is 151 g/mol. The quantitative estimate of drug-likeness (QED) is 0.613. The summed E-state index contributed by atoms with van der Waals surface area (Å²) in [5.41, 5.74) is 0.488. The molecule has 0 aliphatic heterocycles. The minimum atomic E-state index is -0.339. The van der Waals surface area contributed by atoms with Crippen LogP contribution in [-0.2, 0) is 0 Å². The molecular formula is C8H9NO2. The summed E-state index contributed by atoms with van der Waals surface area (Å²) in [5.74, 6) is 0. The fourth-order valence-corrected chi connectivity index (χ4v) is 1.11. The van der Waals surface area contributed by atoms with E-state index in [-0.39, 0.29) is 10.9 Å². The molecule has 1 saturated carbocycles. The largest absolute Gasteiger partial charge is 0.379 e. The van der Waals surface area contributed by atoms with Gasteiger partial charge in [0.25, 0.3) is 0 Å². The molecule has 1 aliphatic carbocycles. The molecule has 0 aromatic heterocycles. The van der Waals surface area contributed by atoms with Gasteiger partial charge in [-0.2, -0.15) is 0 Å². The van der Waals surface area contributed by atoms with Crippen LogP contribution in [0.3, 0.4) is 0 Å². The van der Waals surface area contributed by atoms with Crippen molar-refractivity contribution in [2.24, 2.45) is 0 Å². The first-order valence-corrected chi connectivity index (χ1v) is 3.76. The van der Waals surface area contributed by atoms with Gasteiger partial charge in [-0.15, -0.1) is 0 Å². The molecule has 3 nitrogen and oxygen atoms in total. The fraction of sp³-hybridized carbons (Fsp3) is 0.500. The van der Waals surface area contributed by atoms with Gasteiger partial charge in [-0.25, -0.2) is 0 Å². The van der Waals surface area contributed by atoms with Crippen LogP contribution in [0.15, 0.2) is 9.59 Å². The van der Waals surface area contributed by atoms with Crippen LogP contribution in [0.4, 0.5) is 5.69 Å². The van der Waals surface area contributed by atoms with Crippen molar-refractivity contribution in [3.63, 3.8) is 0 Å². The Balaban J connectivity index is 2.25. The third-order valence-corrected chi connectivity index (χ3v) is 2.07. The molecule has 0 saturated heterocycles. The molecule has 0 bridgehead atoms. The van der Waals surface area contributed by atoms with E-state index in [9.17, 15) is 9.59 Å². The van der Waals surface area contributed by atoms with E-state index in [2.05, 4.69) is 5.32 Å². The van der Waals surface area contributed by atoms with Crippen molar-refractivity contribution in [1.29, 1.82) is 0 Å². The van der Waals surface area contributed by atoms with Crippen molar-refractivity contribution in [2.75, 3.05) is 5.32 Å². The Morgan fingerprint density at radius 1 is 1.27 bits per heavy atom. The monoisotopic (exact) mass is 151 g/mol. The van der Waals surface area contributed by atoms with E-state index >= 15 is 0 Å². The van der Waals surface area contributed by atoms with Crippen LogP contribution >= 0.6 is 0 Å². The Morgan fingerprint density at radius 2 is 1.91 bits per heavy atom. The van der Waals surface area contributed by atoms with Crippen molar-refractivity contribution < 1.29 is 0 Å². The van der Waals surface area contributed by atoms with Gasteiger partial charge in [0.2, 0.25) is 10.9 Å². The highest BCUT2D eigenvalue weighted by molar-refractivity contribution is 5.56. The van der Waals surface area contributed by atoms with Gasteiger partial charge < -0.3 is 5.32 Å². The highest BCUT2D eigenvalue weighted by Gasteiger charge is 2.25. The average Bonchev–Trinajstić information content (AvgIpc) is 2.81. The molecule has 1 N–H and O–H groups in total. The zero-order chi connectivity index (χ0) is 8.01. The third kappa shape index (κ3) is 0.878. The van der Waals surface area contributed by atoms with E-state index < -0.39 is 0 Å². The first kappa shape index (κ1) is 6.58. The lowest BCUT2D eigenvalue weighted by Crippen LogP contribution is -2.37. The summed E-state index contributed by atoms with van der Waals surface area (Å²) in [6.07, 6.45) is 2.25. The molecule has 1 fully saturated rings. The number of rotatable bonds is 2. The molecule has 0 heterocycles. The standard InChI is InChI=1S/C8H9NO2/c1-4-6(8(11)7(4)10)9-5-2-3-5/h5,9H,2-3H2,1H3. The van der Waals surface area contributed by atoms with Crippen LogP contribution in [0, 0.1) is 6.92 Å². The molecule has 1 aliphatic rings. The second-order valence-electron chi connectivity index (χ2n) is 3.08. The predicted octanol–water partition coefficient (Wildman–Crippen LogP) is 0.165. The third-order valence-electron chi connectivity index (χ3n) is 2.07. The van der Waals surface area contributed by atoms with Crippen molar-refractivity contribution in [3.05, 3.63) is 26.0 Å². The zero-order valence-electron chi connectivity index (χ0n) is 6.31. The van der Waals surface area contributed by atoms with Gasteiger partial charge in [-0.3, -0.25) is 9.59 Å². The molecular weight excluding hydrogens is 142 g/mol. The molecule has 0 spiro atoms.